The first-order valence-electron chi connectivity index (χ1n) is 16.8. The molecule has 2 fully saturated rings. The molecule has 0 unspecified atom stereocenters. The molecule has 0 saturated heterocycles. The number of hydrogen-bond donors (Lipinski definition) is 1. The van der Waals surface area contributed by atoms with E-state index in [-0.39, 0.29) is 50.2 Å². The number of rotatable bonds is 8. The maximum atomic E-state index is 11.1. The van der Waals surface area contributed by atoms with Gasteiger partial charge >= 0.3 is 5.97 Å². The van der Waals surface area contributed by atoms with Crippen LogP contribution in [-0.4, -0.2) is 43.6 Å². The van der Waals surface area contributed by atoms with Crippen LogP contribution in [0.3, 0.4) is 0 Å². The van der Waals surface area contributed by atoms with Crippen molar-refractivity contribution in [1.82, 2.24) is 4.72 Å². The quantitative estimate of drug-likeness (QED) is 0.190. The van der Waals surface area contributed by atoms with Gasteiger partial charge in [0, 0.05) is 17.2 Å². The number of hydrogen-bond acceptors (Lipinski definition) is 6. The summed E-state index contributed by atoms with van der Waals surface area (Å²) in [5.74, 6) is 1.68. The number of sulfonamides is 1. The van der Waals surface area contributed by atoms with Gasteiger partial charge in [0.15, 0.2) is 0 Å². The van der Waals surface area contributed by atoms with Crippen molar-refractivity contribution in [3.63, 3.8) is 0 Å². The third-order valence-corrected chi connectivity index (χ3v) is 9.91. The summed E-state index contributed by atoms with van der Waals surface area (Å²) in [5.41, 5.74) is 5.71. The Bertz CT molecular complexity index is 1270. The van der Waals surface area contributed by atoms with Crippen molar-refractivity contribution in [2.45, 2.75) is 146 Å². The van der Waals surface area contributed by atoms with Crippen LogP contribution in [0, 0.1) is 17.8 Å². The lowest BCUT2D eigenvalue weighted by Crippen LogP contribution is -2.32. The molecular weight excluding hydrogens is 609 g/mol. The minimum Gasteiger partial charge on any atom is -0.462 e. The molecule has 0 aromatic heterocycles. The zero-order chi connectivity index (χ0) is 33.7. The van der Waals surface area contributed by atoms with Crippen LogP contribution >= 0.6 is 0 Å². The normalized spacial score (nSPS) is 14.8. The molecule has 1 N–H and O–H groups in total. The predicted molar refractivity (Wildman–Crippen MR) is 200 cm³/mol. The number of fused-ring (bicyclic) bond motifs is 3. The molecule has 7 nitrogen and oxygen atoms in total. The molecule has 268 valence electrons. The Morgan fingerprint density at radius 2 is 1.15 bits per heavy atom. The van der Waals surface area contributed by atoms with Gasteiger partial charge in [0.2, 0.25) is 10.0 Å². The molecule has 0 atom stereocenters. The van der Waals surface area contributed by atoms with Gasteiger partial charge in [-0.1, -0.05) is 110 Å². The van der Waals surface area contributed by atoms with E-state index in [0.717, 1.165) is 54.4 Å². The van der Waals surface area contributed by atoms with Crippen LogP contribution in [0.4, 0.5) is 0 Å². The van der Waals surface area contributed by atoms with Crippen molar-refractivity contribution in [3.8, 4) is 11.1 Å². The first-order chi connectivity index (χ1) is 21.1. The summed E-state index contributed by atoms with van der Waals surface area (Å²) in [7, 11) is -2.94. The highest BCUT2D eigenvalue weighted by Gasteiger charge is 2.35. The van der Waals surface area contributed by atoms with Gasteiger partial charge in [-0.2, -0.15) is 0 Å². The molecule has 2 saturated carbocycles. The van der Waals surface area contributed by atoms with Gasteiger partial charge in [-0.25, -0.2) is 13.1 Å². The number of nitrogens with one attached hydrogen (secondary N) is 1. The topological polar surface area (TPSA) is 94.1 Å². The summed E-state index contributed by atoms with van der Waals surface area (Å²) < 4.78 is 30.0. The number of nitrogens with zero attached hydrogens (tertiary/aromatic N) is 1. The summed E-state index contributed by atoms with van der Waals surface area (Å²) in [6, 6.07) is 16.7. The fourth-order valence-corrected chi connectivity index (χ4v) is 5.97. The lowest BCUT2D eigenvalue weighted by molar-refractivity contribution is -0.152. The van der Waals surface area contributed by atoms with Crippen LogP contribution in [-0.2, 0) is 24.4 Å². The minimum absolute atomic E-state index is 0. The Morgan fingerprint density at radius 1 is 0.723 bits per heavy atom. The highest BCUT2D eigenvalue weighted by atomic mass is 32.2. The van der Waals surface area contributed by atoms with Gasteiger partial charge in [-0.15, -0.1) is 0 Å². The first-order valence-corrected chi connectivity index (χ1v) is 18.3. The maximum Gasteiger partial charge on any atom is 0.308 e. The van der Waals surface area contributed by atoms with Gasteiger partial charge in [-0.3, -0.25) is 4.79 Å². The number of ether oxygens (including phenoxy) is 1. The van der Waals surface area contributed by atoms with Gasteiger partial charge < -0.3 is 9.57 Å². The van der Waals surface area contributed by atoms with Crippen molar-refractivity contribution >= 4 is 21.7 Å². The molecule has 2 aromatic carbocycles. The summed E-state index contributed by atoms with van der Waals surface area (Å²) >= 11 is 0. The van der Waals surface area contributed by atoms with Crippen molar-refractivity contribution in [2.75, 3.05) is 0 Å². The molecule has 47 heavy (non-hydrogen) atoms. The van der Waals surface area contributed by atoms with Gasteiger partial charge in [0.1, 0.15) is 17.9 Å². The number of carbonyl (C=O) groups is 1. The lowest BCUT2D eigenvalue weighted by Gasteiger charge is -2.12. The Balaban J connectivity index is 0.000000638. The van der Waals surface area contributed by atoms with E-state index in [9.17, 15) is 13.2 Å². The molecular formula is C39H66N2O5S. The van der Waals surface area contributed by atoms with Crippen molar-refractivity contribution in [2.24, 2.45) is 22.9 Å². The van der Waals surface area contributed by atoms with E-state index in [4.69, 9.17) is 9.57 Å². The molecule has 3 aliphatic carbocycles. The van der Waals surface area contributed by atoms with Crippen LogP contribution < -0.4 is 4.72 Å². The molecule has 0 spiro atoms. The molecule has 5 rings (SSSR count). The molecule has 8 heteroatoms. The Morgan fingerprint density at radius 3 is 1.49 bits per heavy atom. The minimum atomic E-state index is -2.94. The first kappa shape index (κ1) is 44.3. The Hall–Kier alpha value is -2.71. The van der Waals surface area contributed by atoms with Gasteiger partial charge in [0.05, 0.1) is 11.2 Å². The van der Waals surface area contributed by atoms with Crippen LogP contribution in [0.15, 0.2) is 53.7 Å². The van der Waals surface area contributed by atoms with Crippen LogP contribution in [0.2, 0.25) is 0 Å². The smallest absolute Gasteiger partial charge is 0.308 e. The molecule has 0 aliphatic heterocycles. The van der Waals surface area contributed by atoms with E-state index in [2.05, 4.69) is 74.0 Å². The highest BCUT2D eigenvalue weighted by Crippen LogP contribution is 2.36. The zero-order valence-electron chi connectivity index (χ0n) is 29.3. The van der Waals surface area contributed by atoms with E-state index in [0.29, 0.717) is 0 Å². The average molecular weight is 675 g/mol. The molecule has 0 bridgehead atoms. The van der Waals surface area contributed by atoms with Crippen molar-refractivity contribution in [1.29, 1.82) is 0 Å². The summed E-state index contributed by atoms with van der Waals surface area (Å²) in [6.45, 7) is 20.3. The standard InChI is InChI=1S/C16H15NO.C9H16O2.C6H13NO2S.C6H14.2CH4/c1-11(2)18-17-16-14-9-5-3-7-12(14)13-8-4-6-10-15(13)16;1-7(2)9(10)11-8-5-3-4-6-8;1-5(2)7-10(8,9)6-3-4-6;1-5(2)6(3)4;;/h3-11H,1-2H3;7-8H,3-6H2,1-2H3;5-7H,3-4H2,1-2H3;5-6H,1-4H3;2*1H4. The highest BCUT2D eigenvalue weighted by molar-refractivity contribution is 7.90. The second-order valence-electron chi connectivity index (χ2n) is 13.7. The second kappa shape index (κ2) is 21.3. The summed E-state index contributed by atoms with van der Waals surface area (Å²) in [6.07, 6.45) is 6.56. The van der Waals surface area contributed by atoms with Crippen molar-refractivity contribution in [3.05, 3.63) is 59.7 Å². The van der Waals surface area contributed by atoms with E-state index in [1.54, 1.807) is 0 Å². The summed E-state index contributed by atoms with van der Waals surface area (Å²) in [4.78, 5) is 16.5. The molecule has 0 amide bonds. The fraction of sp³-hybridized carbons (Fsp3) is 0.641. The number of carbonyl (C=O) groups excluding carboxylic acids is 1. The third kappa shape index (κ3) is 15.4. The Kier molecular flexibility index (Phi) is 20.1. The Labute approximate surface area is 288 Å². The SMILES string of the molecule is C.C.CC(C)C(=O)OC1CCCC1.CC(C)C(C)C.CC(C)NS(=O)(=O)C1CC1.CC(C)ON=C1c2ccccc2-c2ccccc21. The van der Waals surface area contributed by atoms with E-state index in [1.807, 2.05) is 53.7 Å². The van der Waals surface area contributed by atoms with Gasteiger partial charge in [0.25, 0.3) is 0 Å². The molecule has 0 radical (unpaired) electrons. The van der Waals surface area contributed by atoms with Gasteiger partial charge in [-0.05, 0) is 89.2 Å². The largest absolute Gasteiger partial charge is 0.462 e. The molecule has 2 aromatic rings. The summed E-state index contributed by atoms with van der Waals surface area (Å²) in [5, 5.41) is 4.23. The van der Waals surface area contributed by atoms with Crippen LogP contribution in [0.1, 0.15) is 134 Å². The second-order valence-corrected chi connectivity index (χ2v) is 15.7. The molecule has 0 heterocycles. The molecule has 3 aliphatic rings. The number of oxime groups is 1. The maximum absolute atomic E-state index is 11.1. The number of esters is 1. The fourth-order valence-electron chi connectivity index (χ4n) is 4.36. The average Bonchev–Trinajstić information content (AvgIpc) is 3.64. The zero-order valence-corrected chi connectivity index (χ0v) is 30.1. The van der Waals surface area contributed by atoms with E-state index >= 15 is 0 Å². The monoisotopic (exact) mass is 674 g/mol. The number of benzene rings is 2. The van der Waals surface area contributed by atoms with Crippen LogP contribution in [0.25, 0.3) is 11.1 Å². The lowest BCUT2D eigenvalue weighted by atomic mass is 10.0. The van der Waals surface area contributed by atoms with E-state index < -0.39 is 10.0 Å². The van der Waals surface area contributed by atoms with E-state index in [1.165, 1.54) is 24.0 Å². The van der Waals surface area contributed by atoms with Crippen molar-refractivity contribution < 1.29 is 22.8 Å². The predicted octanol–water partition coefficient (Wildman–Crippen LogP) is 10.0. The van der Waals surface area contributed by atoms with Crippen LogP contribution in [0.5, 0.6) is 0 Å². The third-order valence-electron chi connectivity index (χ3n) is 7.76.